The first-order chi connectivity index (χ1) is 9.74. The lowest BCUT2D eigenvalue weighted by Crippen LogP contribution is -2.30. The molecule has 8 heteroatoms. The molecule has 0 saturated heterocycles. The Hall–Kier alpha value is -1.73. The number of hydrogen-bond donors (Lipinski definition) is 1. The normalized spacial score (nSPS) is 10.8. The van der Waals surface area contributed by atoms with Crippen LogP contribution in [0.15, 0.2) is 18.5 Å². The number of anilines is 1. The highest BCUT2D eigenvalue weighted by molar-refractivity contribution is 6.28. The number of aliphatic hydroxyl groups is 1. The molecule has 108 valence electrons. The first kappa shape index (κ1) is 14.7. The van der Waals surface area contributed by atoms with Crippen molar-refractivity contribution in [3.63, 3.8) is 0 Å². The number of unbranched alkanes of at least 4 members (excludes halogenated alkanes) is 1. The summed E-state index contributed by atoms with van der Waals surface area (Å²) in [6.45, 7) is 3.35. The van der Waals surface area contributed by atoms with Crippen LogP contribution in [-0.4, -0.2) is 49.5 Å². The number of aliphatic hydroxyl groups excluding tert-OH is 1. The fourth-order valence-corrected chi connectivity index (χ4v) is 1.89. The summed E-state index contributed by atoms with van der Waals surface area (Å²) in [6.07, 6.45) is 5.41. The third-order valence-electron chi connectivity index (χ3n) is 2.73. The average molecular weight is 297 g/mol. The minimum absolute atomic E-state index is 0.0319. The second-order valence-electron chi connectivity index (χ2n) is 4.22. The molecule has 0 aromatic carbocycles. The van der Waals surface area contributed by atoms with Gasteiger partial charge in [0.25, 0.3) is 5.95 Å². The van der Waals surface area contributed by atoms with E-state index in [1.54, 1.807) is 18.5 Å². The fraction of sp³-hybridized carbons (Fsp3) is 0.500. The van der Waals surface area contributed by atoms with Crippen molar-refractivity contribution < 1.29 is 5.11 Å². The van der Waals surface area contributed by atoms with E-state index in [1.165, 1.54) is 4.68 Å². The van der Waals surface area contributed by atoms with Crippen molar-refractivity contribution in [3.8, 4) is 5.95 Å². The zero-order valence-corrected chi connectivity index (χ0v) is 12.0. The van der Waals surface area contributed by atoms with Crippen LogP contribution in [0.1, 0.15) is 19.8 Å². The van der Waals surface area contributed by atoms with Gasteiger partial charge in [-0.25, -0.2) is 4.68 Å². The Morgan fingerprint density at radius 3 is 2.80 bits per heavy atom. The predicted octanol–water partition coefficient (Wildman–Crippen LogP) is 1.31. The number of halogens is 1. The molecule has 0 radical (unpaired) electrons. The van der Waals surface area contributed by atoms with E-state index in [2.05, 4.69) is 27.0 Å². The van der Waals surface area contributed by atoms with Crippen LogP contribution < -0.4 is 4.90 Å². The highest BCUT2D eigenvalue weighted by Gasteiger charge is 2.13. The summed E-state index contributed by atoms with van der Waals surface area (Å²) in [5, 5.41) is 13.3. The Labute approximate surface area is 122 Å². The average Bonchev–Trinajstić information content (AvgIpc) is 2.97. The van der Waals surface area contributed by atoms with Gasteiger partial charge in [0.2, 0.25) is 11.2 Å². The maximum atomic E-state index is 9.16. The van der Waals surface area contributed by atoms with E-state index < -0.39 is 0 Å². The van der Waals surface area contributed by atoms with E-state index in [9.17, 15) is 0 Å². The van der Waals surface area contributed by atoms with E-state index in [4.69, 9.17) is 16.7 Å². The summed E-state index contributed by atoms with van der Waals surface area (Å²) >= 11 is 5.95. The molecule has 0 aliphatic rings. The largest absolute Gasteiger partial charge is 0.395 e. The van der Waals surface area contributed by atoms with Crippen LogP contribution in [0, 0.1) is 0 Å². The quantitative estimate of drug-likeness (QED) is 0.830. The third-order valence-corrected chi connectivity index (χ3v) is 2.90. The van der Waals surface area contributed by atoms with Gasteiger partial charge in [0.15, 0.2) is 0 Å². The van der Waals surface area contributed by atoms with Crippen LogP contribution in [0.25, 0.3) is 5.95 Å². The summed E-state index contributed by atoms with van der Waals surface area (Å²) < 4.78 is 1.52. The van der Waals surface area contributed by atoms with Crippen LogP contribution in [0.3, 0.4) is 0 Å². The van der Waals surface area contributed by atoms with Gasteiger partial charge >= 0.3 is 0 Å². The van der Waals surface area contributed by atoms with E-state index >= 15 is 0 Å². The van der Waals surface area contributed by atoms with Gasteiger partial charge in [-0.05, 0) is 24.1 Å². The molecule has 0 aliphatic heterocycles. The van der Waals surface area contributed by atoms with E-state index in [0.29, 0.717) is 18.4 Å². The zero-order valence-electron chi connectivity index (χ0n) is 11.3. The Morgan fingerprint density at radius 1 is 1.30 bits per heavy atom. The van der Waals surface area contributed by atoms with Gasteiger partial charge in [-0.3, -0.25) is 0 Å². The molecule has 0 unspecified atom stereocenters. The van der Waals surface area contributed by atoms with Crippen molar-refractivity contribution in [1.82, 2.24) is 24.7 Å². The van der Waals surface area contributed by atoms with Crippen molar-refractivity contribution in [2.75, 3.05) is 24.6 Å². The molecule has 2 aromatic rings. The Kier molecular flexibility index (Phi) is 5.25. The zero-order chi connectivity index (χ0) is 14.4. The summed E-state index contributed by atoms with van der Waals surface area (Å²) in [5.41, 5.74) is 0. The molecular weight excluding hydrogens is 280 g/mol. The van der Waals surface area contributed by atoms with Crippen LogP contribution in [0.4, 0.5) is 5.95 Å². The first-order valence-corrected chi connectivity index (χ1v) is 6.89. The number of rotatable bonds is 7. The van der Waals surface area contributed by atoms with Gasteiger partial charge in [-0.1, -0.05) is 13.3 Å². The maximum Gasteiger partial charge on any atom is 0.256 e. The molecular formula is C12H17ClN6O. The summed E-state index contributed by atoms with van der Waals surface area (Å²) in [4.78, 5) is 14.4. The van der Waals surface area contributed by atoms with Crippen molar-refractivity contribution in [2.45, 2.75) is 19.8 Å². The van der Waals surface area contributed by atoms with Crippen LogP contribution >= 0.6 is 11.6 Å². The van der Waals surface area contributed by atoms with Crippen LogP contribution in [0.5, 0.6) is 0 Å². The van der Waals surface area contributed by atoms with Gasteiger partial charge in [0, 0.05) is 25.5 Å². The van der Waals surface area contributed by atoms with E-state index in [0.717, 1.165) is 19.4 Å². The Bertz CT molecular complexity index is 533. The minimum Gasteiger partial charge on any atom is -0.395 e. The summed E-state index contributed by atoms with van der Waals surface area (Å²) in [5.74, 6) is 0.822. The van der Waals surface area contributed by atoms with E-state index in [1.807, 2.05) is 4.90 Å². The third kappa shape index (κ3) is 3.64. The van der Waals surface area contributed by atoms with Crippen molar-refractivity contribution in [2.24, 2.45) is 0 Å². The molecule has 0 aliphatic carbocycles. The molecule has 0 amide bonds. The molecule has 0 fully saturated rings. The molecule has 20 heavy (non-hydrogen) atoms. The molecule has 2 aromatic heterocycles. The monoisotopic (exact) mass is 296 g/mol. The number of nitrogens with zero attached hydrogens (tertiary/aromatic N) is 6. The lowest BCUT2D eigenvalue weighted by atomic mass is 10.3. The van der Waals surface area contributed by atoms with Gasteiger partial charge in [-0.2, -0.15) is 20.1 Å². The second kappa shape index (κ2) is 7.16. The van der Waals surface area contributed by atoms with E-state index in [-0.39, 0.29) is 11.9 Å². The summed E-state index contributed by atoms with van der Waals surface area (Å²) in [7, 11) is 0. The molecule has 0 atom stereocenters. The Morgan fingerprint density at radius 2 is 2.15 bits per heavy atom. The predicted molar refractivity (Wildman–Crippen MR) is 76.2 cm³/mol. The van der Waals surface area contributed by atoms with Gasteiger partial charge < -0.3 is 10.0 Å². The second-order valence-corrected chi connectivity index (χ2v) is 4.56. The lowest BCUT2D eigenvalue weighted by Gasteiger charge is -2.21. The van der Waals surface area contributed by atoms with Crippen molar-refractivity contribution in [1.29, 1.82) is 0 Å². The molecule has 0 saturated carbocycles. The SMILES string of the molecule is CCCCN(CCO)c1nc(Cl)nc(-n2cccn2)n1. The number of hydrogen-bond acceptors (Lipinski definition) is 6. The Balaban J connectivity index is 2.29. The van der Waals surface area contributed by atoms with Gasteiger partial charge in [0.1, 0.15) is 0 Å². The van der Waals surface area contributed by atoms with Gasteiger partial charge in [0.05, 0.1) is 6.61 Å². The minimum atomic E-state index is 0.0319. The molecule has 7 nitrogen and oxygen atoms in total. The standard InChI is InChI=1S/C12H17ClN6O/c1-2-3-6-18(8-9-20)11-15-10(13)16-12(17-11)19-7-4-5-14-19/h4-5,7,20H,2-3,6,8-9H2,1H3. The smallest absolute Gasteiger partial charge is 0.256 e. The van der Waals surface area contributed by atoms with Crippen molar-refractivity contribution in [3.05, 3.63) is 23.7 Å². The molecule has 2 heterocycles. The molecule has 2 rings (SSSR count). The first-order valence-electron chi connectivity index (χ1n) is 6.52. The molecule has 0 spiro atoms. The molecule has 0 bridgehead atoms. The van der Waals surface area contributed by atoms with Crippen LogP contribution in [0.2, 0.25) is 5.28 Å². The molecule has 1 N–H and O–H groups in total. The van der Waals surface area contributed by atoms with Crippen LogP contribution in [-0.2, 0) is 0 Å². The highest BCUT2D eigenvalue weighted by atomic mass is 35.5. The number of aromatic nitrogens is 5. The summed E-state index contributed by atoms with van der Waals surface area (Å²) in [6, 6.07) is 1.78. The fourth-order valence-electron chi connectivity index (χ4n) is 1.74. The lowest BCUT2D eigenvalue weighted by molar-refractivity contribution is 0.301. The maximum absolute atomic E-state index is 9.16. The highest BCUT2D eigenvalue weighted by Crippen LogP contribution is 2.13. The van der Waals surface area contributed by atoms with Crippen molar-refractivity contribution >= 4 is 17.5 Å². The van der Waals surface area contributed by atoms with Gasteiger partial charge in [-0.15, -0.1) is 0 Å². The topological polar surface area (TPSA) is 80.0 Å².